The van der Waals surface area contributed by atoms with Gasteiger partial charge in [-0.25, -0.2) is 0 Å². The van der Waals surface area contributed by atoms with E-state index < -0.39 is 12.2 Å². The molecule has 1 aromatic rings. The summed E-state index contributed by atoms with van der Waals surface area (Å²) in [4.78, 5) is 1.52. The Bertz CT molecular complexity index is 368. The van der Waals surface area contributed by atoms with Crippen LogP contribution in [0.5, 0.6) is 0 Å². The molecule has 2 rings (SSSR count). The molecule has 0 aromatic heterocycles. The normalized spacial score (nSPS) is 19.5. The highest BCUT2D eigenvalue weighted by molar-refractivity contribution is 9.10. The van der Waals surface area contributed by atoms with Gasteiger partial charge in [0.1, 0.15) is 6.04 Å². The number of hydrogen-bond donors (Lipinski definition) is 0. The van der Waals surface area contributed by atoms with E-state index in [1.807, 2.05) is 0 Å². The molecule has 0 spiro atoms. The topological polar surface area (TPSA) is 3.24 Å². The number of likely N-dealkylation sites (tertiary alicyclic amines) is 1. The molecule has 1 aliphatic rings. The Labute approximate surface area is 107 Å². The summed E-state index contributed by atoms with van der Waals surface area (Å²) in [5, 5.41) is 0. The Balaban J connectivity index is 2.29. The third-order valence-corrected chi connectivity index (χ3v) is 3.53. The molecule has 1 saturated heterocycles. The zero-order valence-electron chi connectivity index (χ0n) is 9.17. The second-order valence-electron chi connectivity index (χ2n) is 4.24. The minimum Gasteiger partial charge on any atom is -0.289 e. The Hall–Kier alpha value is -0.550. The average molecular weight is 308 g/mol. The minimum absolute atomic E-state index is 0.322. The Morgan fingerprint density at radius 2 is 1.59 bits per heavy atom. The van der Waals surface area contributed by atoms with Gasteiger partial charge in [0.2, 0.25) is 0 Å². The lowest BCUT2D eigenvalue weighted by atomic mass is 10.1. The fraction of sp³-hybridized carbons (Fsp3) is 0.500. The van der Waals surface area contributed by atoms with Crippen molar-refractivity contribution in [3.8, 4) is 0 Å². The predicted molar refractivity (Wildman–Crippen MR) is 63.7 cm³/mol. The first kappa shape index (κ1) is 12.9. The van der Waals surface area contributed by atoms with Crippen LogP contribution < -0.4 is 0 Å². The maximum Gasteiger partial charge on any atom is 0.408 e. The summed E-state index contributed by atoms with van der Waals surface area (Å²) in [5.41, 5.74) is 0.322. The predicted octanol–water partition coefficient (Wildman–Crippen LogP) is 4.15. The first-order chi connectivity index (χ1) is 7.98. The molecule has 94 valence electrons. The minimum atomic E-state index is -4.21. The van der Waals surface area contributed by atoms with Gasteiger partial charge >= 0.3 is 6.18 Å². The van der Waals surface area contributed by atoms with E-state index in [0.29, 0.717) is 18.7 Å². The van der Waals surface area contributed by atoms with Gasteiger partial charge in [-0.05, 0) is 43.6 Å². The van der Waals surface area contributed by atoms with Gasteiger partial charge < -0.3 is 0 Å². The molecule has 0 amide bonds. The van der Waals surface area contributed by atoms with Gasteiger partial charge in [-0.1, -0.05) is 28.1 Å². The molecule has 1 heterocycles. The summed E-state index contributed by atoms with van der Waals surface area (Å²) in [7, 11) is 0. The second kappa shape index (κ2) is 4.98. The second-order valence-corrected chi connectivity index (χ2v) is 5.15. The Morgan fingerprint density at radius 1 is 1.06 bits per heavy atom. The van der Waals surface area contributed by atoms with Gasteiger partial charge in [0, 0.05) is 4.47 Å². The first-order valence-corrected chi connectivity index (χ1v) is 6.34. The molecule has 0 radical (unpaired) electrons. The standard InChI is InChI=1S/C12H13BrF3N/c13-10-5-3-9(4-6-10)11(12(14,15)16)17-7-1-2-8-17/h3-6,11H,1-2,7-8H2. The van der Waals surface area contributed by atoms with E-state index in [2.05, 4.69) is 15.9 Å². The van der Waals surface area contributed by atoms with E-state index in [9.17, 15) is 13.2 Å². The molecule has 0 N–H and O–H groups in total. The number of halogens is 4. The van der Waals surface area contributed by atoms with Crippen LogP contribution in [0.25, 0.3) is 0 Å². The lowest BCUT2D eigenvalue weighted by Crippen LogP contribution is -2.36. The summed E-state index contributed by atoms with van der Waals surface area (Å²) in [6, 6.07) is 4.94. The molecule has 5 heteroatoms. The van der Waals surface area contributed by atoms with Gasteiger partial charge in [0.05, 0.1) is 0 Å². The van der Waals surface area contributed by atoms with Gasteiger partial charge in [-0.3, -0.25) is 4.90 Å². The molecular weight excluding hydrogens is 295 g/mol. The van der Waals surface area contributed by atoms with E-state index in [-0.39, 0.29) is 0 Å². The van der Waals surface area contributed by atoms with Crippen molar-refractivity contribution in [2.75, 3.05) is 13.1 Å². The number of benzene rings is 1. The molecule has 1 fully saturated rings. The Kier molecular flexibility index (Phi) is 3.78. The van der Waals surface area contributed by atoms with Gasteiger partial charge in [0.15, 0.2) is 0 Å². The van der Waals surface area contributed by atoms with E-state index >= 15 is 0 Å². The summed E-state index contributed by atoms with van der Waals surface area (Å²) in [6.07, 6.45) is -2.51. The van der Waals surface area contributed by atoms with Crippen molar-refractivity contribution in [1.29, 1.82) is 0 Å². The van der Waals surface area contributed by atoms with Crippen molar-refractivity contribution in [2.45, 2.75) is 25.1 Å². The zero-order chi connectivity index (χ0) is 12.5. The van der Waals surface area contributed by atoms with Crippen molar-refractivity contribution >= 4 is 15.9 Å². The SMILES string of the molecule is FC(F)(F)C(c1ccc(Br)cc1)N1CCCC1. The van der Waals surface area contributed by atoms with Crippen LogP contribution in [-0.2, 0) is 0 Å². The smallest absolute Gasteiger partial charge is 0.289 e. The number of alkyl halides is 3. The molecule has 0 aliphatic carbocycles. The monoisotopic (exact) mass is 307 g/mol. The van der Waals surface area contributed by atoms with Crippen LogP contribution in [0, 0.1) is 0 Å². The van der Waals surface area contributed by atoms with Crippen LogP contribution in [-0.4, -0.2) is 24.2 Å². The van der Waals surface area contributed by atoms with Crippen LogP contribution in [0.3, 0.4) is 0 Å². The van der Waals surface area contributed by atoms with E-state index in [1.165, 1.54) is 4.90 Å². The maximum absolute atomic E-state index is 13.1. The fourth-order valence-corrected chi connectivity index (χ4v) is 2.52. The Morgan fingerprint density at radius 3 is 2.06 bits per heavy atom. The average Bonchev–Trinajstić information content (AvgIpc) is 2.72. The highest BCUT2D eigenvalue weighted by Crippen LogP contribution is 2.39. The van der Waals surface area contributed by atoms with Crippen LogP contribution in [0.1, 0.15) is 24.4 Å². The van der Waals surface area contributed by atoms with Crippen LogP contribution in [0.2, 0.25) is 0 Å². The van der Waals surface area contributed by atoms with Crippen LogP contribution in [0.4, 0.5) is 13.2 Å². The van der Waals surface area contributed by atoms with E-state index in [0.717, 1.165) is 17.3 Å². The summed E-state index contributed by atoms with van der Waals surface area (Å²) in [6.45, 7) is 1.06. The van der Waals surface area contributed by atoms with Crippen LogP contribution in [0.15, 0.2) is 28.7 Å². The van der Waals surface area contributed by atoms with E-state index in [4.69, 9.17) is 0 Å². The number of hydrogen-bond acceptors (Lipinski definition) is 1. The quantitative estimate of drug-likeness (QED) is 0.793. The van der Waals surface area contributed by atoms with Gasteiger partial charge in [-0.2, -0.15) is 13.2 Å². The molecule has 1 aliphatic heterocycles. The highest BCUT2D eigenvalue weighted by Gasteiger charge is 2.45. The van der Waals surface area contributed by atoms with Gasteiger partial charge in [0.25, 0.3) is 0 Å². The maximum atomic E-state index is 13.1. The molecule has 17 heavy (non-hydrogen) atoms. The molecule has 0 bridgehead atoms. The van der Waals surface area contributed by atoms with Crippen LogP contribution >= 0.6 is 15.9 Å². The largest absolute Gasteiger partial charge is 0.408 e. The highest BCUT2D eigenvalue weighted by atomic mass is 79.9. The molecule has 1 unspecified atom stereocenters. The van der Waals surface area contributed by atoms with Crippen molar-refractivity contribution < 1.29 is 13.2 Å². The molecular formula is C12H13BrF3N. The lowest BCUT2D eigenvalue weighted by molar-refractivity contribution is -0.183. The lowest BCUT2D eigenvalue weighted by Gasteiger charge is -2.29. The van der Waals surface area contributed by atoms with Crippen molar-refractivity contribution in [3.63, 3.8) is 0 Å². The van der Waals surface area contributed by atoms with E-state index in [1.54, 1.807) is 24.3 Å². The van der Waals surface area contributed by atoms with Gasteiger partial charge in [-0.15, -0.1) is 0 Å². The fourth-order valence-electron chi connectivity index (χ4n) is 2.25. The zero-order valence-corrected chi connectivity index (χ0v) is 10.8. The van der Waals surface area contributed by atoms with Crippen molar-refractivity contribution in [3.05, 3.63) is 34.3 Å². The molecule has 0 saturated carbocycles. The first-order valence-electron chi connectivity index (χ1n) is 5.55. The summed E-state index contributed by atoms with van der Waals surface area (Å²) in [5.74, 6) is 0. The molecule has 1 aromatic carbocycles. The third kappa shape index (κ3) is 3.01. The number of rotatable bonds is 2. The van der Waals surface area contributed by atoms with Crippen molar-refractivity contribution in [2.24, 2.45) is 0 Å². The molecule has 1 nitrogen and oxygen atoms in total. The number of nitrogens with zero attached hydrogens (tertiary/aromatic N) is 1. The van der Waals surface area contributed by atoms with Crippen molar-refractivity contribution in [1.82, 2.24) is 4.90 Å². The summed E-state index contributed by atoms with van der Waals surface area (Å²) < 4.78 is 40.1. The molecule has 1 atom stereocenters. The third-order valence-electron chi connectivity index (χ3n) is 3.00. The summed E-state index contributed by atoms with van der Waals surface area (Å²) >= 11 is 3.23.